The summed E-state index contributed by atoms with van der Waals surface area (Å²) in [6, 6.07) is 17.2. The van der Waals surface area contributed by atoms with Crippen molar-refractivity contribution in [3.8, 4) is 11.8 Å². The van der Waals surface area contributed by atoms with E-state index in [0.29, 0.717) is 5.69 Å². The third kappa shape index (κ3) is 4.21. The fraction of sp³-hybridized carbons (Fsp3) is 0.0909. The molecular weight excluding hydrogens is 421 g/mol. The normalized spacial score (nSPS) is 11.2. The number of halogens is 2. The Hall–Kier alpha value is -3.17. The van der Waals surface area contributed by atoms with Gasteiger partial charge in [0.2, 0.25) is 0 Å². The van der Waals surface area contributed by atoms with Crippen LogP contribution in [0.4, 0.5) is 10.1 Å². The van der Waals surface area contributed by atoms with E-state index in [9.17, 15) is 14.4 Å². The van der Waals surface area contributed by atoms with Crippen molar-refractivity contribution < 1.29 is 9.18 Å². The molecule has 1 aromatic heterocycles. The molecule has 2 aromatic carbocycles. The molecular formula is C22H17BrFN3O. The molecule has 0 aliphatic carbocycles. The first kappa shape index (κ1) is 19.6. The van der Waals surface area contributed by atoms with Crippen LogP contribution in [0.3, 0.4) is 0 Å². The molecule has 0 fully saturated rings. The second kappa shape index (κ2) is 8.24. The van der Waals surface area contributed by atoms with E-state index >= 15 is 0 Å². The average molecular weight is 438 g/mol. The summed E-state index contributed by atoms with van der Waals surface area (Å²) in [4.78, 5) is 12.4. The summed E-state index contributed by atoms with van der Waals surface area (Å²) in [5.74, 6) is -0.933. The van der Waals surface area contributed by atoms with E-state index in [2.05, 4.69) is 25.8 Å². The summed E-state index contributed by atoms with van der Waals surface area (Å²) in [6.45, 7) is 3.91. The van der Waals surface area contributed by atoms with Gasteiger partial charge in [-0.1, -0.05) is 15.9 Å². The molecule has 1 heterocycles. The largest absolute Gasteiger partial charge is 0.321 e. The van der Waals surface area contributed by atoms with E-state index in [4.69, 9.17) is 0 Å². The Balaban J connectivity index is 1.91. The Bertz CT molecular complexity index is 1090. The molecule has 0 atom stereocenters. The molecule has 0 aliphatic heterocycles. The highest BCUT2D eigenvalue weighted by atomic mass is 79.9. The molecule has 28 heavy (non-hydrogen) atoms. The third-order valence-corrected chi connectivity index (χ3v) is 4.85. The van der Waals surface area contributed by atoms with Crippen molar-refractivity contribution in [1.82, 2.24) is 4.57 Å². The number of benzene rings is 2. The van der Waals surface area contributed by atoms with Gasteiger partial charge in [-0.25, -0.2) is 4.39 Å². The minimum atomic E-state index is -0.539. The zero-order valence-electron chi connectivity index (χ0n) is 15.3. The molecule has 1 N–H and O–H groups in total. The number of anilines is 1. The van der Waals surface area contributed by atoms with Crippen molar-refractivity contribution in [2.45, 2.75) is 13.8 Å². The molecule has 0 aliphatic rings. The molecule has 1 amide bonds. The van der Waals surface area contributed by atoms with Crippen molar-refractivity contribution in [2.75, 3.05) is 5.32 Å². The first-order valence-electron chi connectivity index (χ1n) is 8.52. The maximum absolute atomic E-state index is 13.0. The Morgan fingerprint density at radius 1 is 1.14 bits per heavy atom. The number of carbonyl (C=O) groups is 1. The third-order valence-electron chi connectivity index (χ3n) is 4.32. The monoisotopic (exact) mass is 437 g/mol. The highest BCUT2D eigenvalue weighted by Crippen LogP contribution is 2.24. The number of aryl methyl sites for hydroxylation is 1. The zero-order chi connectivity index (χ0) is 20.3. The highest BCUT2D eigenvalue weighted by molar-refractivity contribution is 9.10. The first-order chi connectivity index (χ1) is 13.4. The van der Waals surface area contributed by atoms with Gasteiger partial charge in [-0.15, -0.1) is 0 Å². The SMILES string of the molecule is Cc1cc(C=C(C#N)C(=O)Nc2ccc(F)cc2)c(C)n1-c1ccc(Br)cc1. The van der Waals surface area contributed by atoms with E-state index in [1.165, 1.54) is 24.3 Å². The zero-order valence-corrected chi connectivity index (χ0v) is 16.9. The summed E-state index contributed by atoms with van der Waals surface area (Å²) in [5.41, 5.74) is 4.08. The molecule has 3 aromatic rings. The molecule has 6 heteroatoms. The van der Waals surface area contributed by atoms with E-state index in [-0.39, 0.29) is 5.57 Å². The molecule has 0 saturated carbocycles. The summed E-state index contributed by atoms with van der Waals surface area (Å²) < 4.78 is 16.1. The molecule has 0 spiro atoms. The van der Waals surface area contributed by atoms with Gasteiger partial charge in [-0.05, 0) is 80.1 Å². The number of hydrogen-bond donors (Lipinski definition) is 1. The molecule has 0 saturated heterocycles. The van der Waals surface area contributed by atoms with Crippen LogP contribution in [0.15, 0.2) is 64.6 Å². The van der Waals surface area contributed by atoms with Gasteiger partial charge in [0.25, 0.3) is 5.91 Å². The molecule has 140 valence electrons. The fourth-order valence-corrected chi connectivity index (χ4v) is 3.22. The topological polar surface area (TPSA) is 57.8 Å². The van der Waals surface area contributed by atoms with Gasteiger partial charge in [0.05, 0.1) is 0 Å². The fourth-order valence-electron chi connectivity index (χ4n) is 2.96. The van der Waals surface area contributed by atoms with E-state index in [1.54, 1.807) is 6.08 Å². The van der Waals surface area contributed by atoms with Crippen molar-refractivity contribution in [2.24, 2.45) is 0 Å². The van der Waals surface area contributed by atoms with Crippen LogP contribution < -0.4 is 5.32 Å². The van der Waals surface area contributed by atoms with Gasteiger partial charge in [-0.2, -0.15) is 5.26 Å². The van der Waals surface area contributed by atoms with Crippen LogP contribution in [0.1, 0.15) is 17.0 Å². The van der Waals surface area contributed by atoms with Gasteiger partial charge >= 0.3 is 0 Å². The van der Waals surface area contributed by atoms with Gasteiger partial charge in [0, 0.05) is 27.2 Å². The number of rotatable bonds is 4. The molecule has 0 unspecified atom stereocenters. The number of carbonyl (C=O) groups excluding carboxylic acids is 1. The quantitative estimate of drug-likeness (QED) is 0.430. The van der Waals surface area contributed by atoms with Crippen molar-refractivity contribution >= 4 is 33.6 Å². The summed E-state index contributed by atoms with van der Waals surface area (Å²) in [7, 11) is 0. The maximum atomic E-state index is 13.0. The molecule has 0 radical (unpaired) electrons. The first-order valence-corrected chi connectivity index (χ1v) is 9.32. The highest BCUT2D eigenvalue weighted by Gasteiger charge is 2.14. The van der Waals surface area contributed by atoms with Crippen LogP contribution in [0.5, 0.6) is 0 Å². The number of nitriles is 1. The molecule has 4 nitrogen and oxygen atoms in total. The van der Waals surface area contributed by atoms with Crippen LogP contribution in [-0.4, -0.2) is 10.5 Å². The van der Waals surface area contributed by atoms with Gasteiger partial charge < -0.3 is 9.88 Å². The molecule has 0 bridgehead atoms. The summed E-state index contributed by atoms with van der Waals surface area (Å²) >= 11 is 3.43. The van der Waals surface area contributed by atoms with Crippen molar-refractivity contribution in [3.63, 3.8) is 0 Å². The predicted octanol–water partition coefficient (Wildman–Crippen LogP) is 5.54. The molecule has 3 rings (SSSR count). The smallest absolute Gasteiger partial charge is 0.266 e. The Kier molecular flexibility index (Phi) is 5.76. The van der Waals surface area contributed by atoms with E-state index in [1.807, 2.05) is 50.2 Å². The standard InChI is InChI=1S/C22H17BrFN3O/c1-14-11-16(15(2)27(14)21-9-3-18(23)4-10-21)12-17(13-25)22(28)26-20-7-5-19(24)6-8-20/h3-12H,1-2H3,(H,26,28). The predicted molar refractivity (Wildman–Crippen MR) is 112 cm³/mol. The Morgan fingerprint density at radius 2 is 1.79 bits per heavy atom. The van der Waals surface area contributed by atoms with E-state index < -0.39 is 11.7 Å². The van der Waals surface area contributed by atoms with Crippen molar-refractivity contribution in [1.29, 1.82) is 5.26 Å². The average Bonchev–Trinajstić information content (AvgIpc) is 2.95. The maximum Gasteiger partial charge on any atom is 0.266 e. The lowest BCUT2D eigenvalue weighted by Gasteiger charge is -2.09. The summed E-state index contributed by atoms with van der Waals surface area (Å²) in [5, 5.41) is 12.1. The lowest BCUT2D eigenvalue weighted by Crippen LogP contribution is -2.13. The van der Waals surface area contributed by atoms with Crippen LogP contribution in [-0.2, 0) is 4.79 Å². The van der Waals surface area contributed by atoms with Crippen molar-refractivity contribution in [3.05, 3.63) is 87.4 Å². The second-order valence-electron chi connectivity index (χ2n) is 6.27. The van der Waals surface area contributed by atoms with Gasteiger partial charge in [0.15, 0.2) is 0 Å². The minimum Gasteiger partial charge on any atom is -0.321 e. The summed E-state index contributed by atoms with van der Waals surface area (Å²) in [6.07, 6.45) is 1.57. The number of nitrogens with zero attached hydrogens (tertiary/aromatic N) is 2. The lowest BCUT2D eigenvalue weighted by molar-refractivity contribution is -0.112. The number of aromatic nitrogens is 1. The Morgan fingerprint density at radius 3 is 2.39 bits per heavy atom. The van der Waals surface area contributed by atoms with Crippen LogP contribution in [0.2, 0.25) is 0 Å². The Labute approximate surface area is 171 Å². The van der Waals surface area contributed by atoms with E-state index in [0.717, 1.165) is 27.1 Å². The van der Waals surface area contributed by atoms with Crippen LogP contribution in [0.25, 0.3) is 11.8 Å². The second-order valence-corrected chi connectivity index (χ2v) is 7.18. The number of nitrogens with one attached hydrogen (secondary N) is 1. The minimum absolute atomic E-state index is 0.0274. The van der Waals surface area contributed by atoms with Crippen LogP contribution in [0, 0.1) is 31.0 Å². The van der Waals surface area contributed by atoms with Gasteiger partial charge in [-0.3, -0.25) is 4.79 Å². The number of amides is 1. The lowest BCUT2D eigenvalue weighted by atomic mass is 10.1. The van der Waals surface area contributed by atoms with Gasteiger partial charge in [0.1, 0.15) is 17.5 Å². The number of hydrogen-bond acceptors (Lipinski definition) is 2. The van der Waals surface area contributed by atoms with Crippen LogP contribution >= 0.6 is 15.9 Å².